The van der Waals surface area contributed by atoms with Gasteiger partial charge in [-0.3, -0.25) is 13.9 Å². The molecular weight excluding hydrogens is 514 g/mol. The number of rotatable bonds is 14. The molecule has 0 fully saturated rings. The summed E-state index contributed by atoms with van der Waals surface area (Å²) in [5.41, 5.74) is 1.23. The lowest BCUT2D eigenvalue weighted by Gasteiger charge is -2.31. The molecule has 10 heteroatoms. The van der Waals surface area contributed by atoms with Crippen LogP contribution >= 0.6 is 11.6 Å². The Morgan fingerprint density at radius 2 is 1.73 bits per heavy atom. The van der Waals surface area contributed by atoms with Gasteiger partial charge in [0.15, 0.2) is 0 Å². The second-order valence-electron chi connectivity index (χ2n) is 9.31. The molecule has 2 amide bonds. The number of benzene rings is 2. The molecule has 2 aromatic rings. The van der Waals surface area contributed by atoms with Crippen LogP contribution in [0.25, 0.3) is 0 Å². The number of nitrogens with zero attached hydrogens (tertiary/aromatic N) is 2. The van der Waals surface area contributed by atoms with Gasteiger partial charge in [-0.25, -0.2) is 8.42 Å². The number of halogens is 1. The average Bonchev–Trinajstić information content (AvgIpc) is 2.85. The number of ether oxygens (including phenoxy) is 1. The van der Waals surface area contributed by atoms with E-state index < -0.39 is 16.1 Å². The molecule has 37 heavy (non-hydrogen) atoms. The molecule has 8 nitrogen and oxygen atoms in total. The lowest BCUT2D eigenvalue weighted by Crippen LogP contribution is -2.49. The second kappa shape index (κ2) is 14.2. The van der Waals surface area contributed by atoms with E-state index in [1.54, 1.807) is 35.2 Å². The number of carbonyl (C=O) groups excluding carboxylic acids is 2. The Bertz CT molecular complexity index is 1140. The van der Waals surface area contributed by atoms with Gasteiger partial charge in [-0.1, -0.05) is 50.6 Å². The summed E-state index contributed by atoms with van der Waals surface area (Å²) >= 11 is 6.37. The SMILES string of the molecule is CC[C@@H](C(=O)NCC(C)C)N(Cc1ccccc1Cl)C(=O)CCCN(c1ccc(OC)cc1)S(C)(=O)=O. The summed E-state index contributed by atoms with van der Waals surface area (Å²) in [5.74, 6) is 0.431. The fourth-order valence-corrected chi connectivity index (χ4v) is 5.07. The van der Waals surface area contributed by atoms with Crippen LogP contribution in [-0.2, 0) is 26.2 Å². The Labute approximate surface area is 226 Å². The van der Waals surface area contributed by atoms with Crippen LogP contribution in [0.4, 0.5) is 5.69 Å². The minimum atomic E-state index is -3.57. The molecule has 0 bridgehead atoms. The summed E-state index contributed by atoms with van der Waals surface area (Å²) in [5, 5.41) is 3.44. The van der Waals surface area contributed by atoms with Gasteiger partial charge < -0.3 is 15.0 Å². The first-order valence-corrected chi connectivity index (χ1v) is 14.6. The number of hydrogen-bond acceptors (Lipinski definition) is 5. The largest absolute Gasteiger partial charge is 0.497 e. The van der Waals surface area contributed by atoms with Crippen molar-refractivity contribution in [2.45, 2.75) is 52.6 Å². The Kier molecular flexibility index (Phi) is 11.7. The third-order valence-electron chi connectivity index (χ3n) is 5.88. The normalized spacial score (nSPS) is 12.2. The fraction of sp³-hybridized carbons (Fsp3) is 0.481. The van der Waals surface area contributed by atoms with E-state index >= 15 is 0 Å². The number of sulfonamides is 1. The van der Waals surface area contributed by atoms with Crippen molar-refractivity contribution in [3.8, 4) is 5.75 Å². The van der Waals surface area contributed by atoms with Crippen molar-refractivity contribution in [1.29, 1.82) is 0 Å². The highest BCUT2D eigenvalue weighted by molar-refractivity contribution is 7.92. The summed E-state index contributed by atoms with van der Waals surface area (Å²) in [4.78, 5) is 28.0. The number of hydrogen-bond donors (Lipinski definition) is 1. The van der Waals surface area contributed by atoms with Gasteiger partial charge in [0.1, 0.15) is 11.8 Å². The smallest absolute Gasteiger partial charge is 0.242 e. The van der Waals surface area contributed by atoms with E-state index in [0.29, 0.717) is 29.4 Å². The van der Waals surface area contributed by atoms with E-state index in [4.69, 9.17) is 16.3 Å². The summed E-state index contributed by atoms with van der Waals surface area (Å²) in [6, 6.07) is 13.3. The van der Waals surface area contributed by atoms with E-state index in [2.05, 4.69) is 5.32 Å². The minimum absolute atomic E-state index is 0.0700. The van der Waals surface area contributed by atoms with E-state index in [0.717, 1.165) is 11.8 Å². The zero-order valence-corrected chi connectivity index (χ0v) is 23.8. The molecule has 0 aromatic heterocycles. The maximum atomic E-state index is 13.5. The van der Waals surface area contributed by atoms with Gasteiger partial charge in [0.25, 0.3) is 0 Å². The molecule has 0 unspecified atom stereocenters. The quantitative estimate of drug-likeness (QED) is 0.373. The zero-order chi connectivity index (χ0) is 27.6. The Balaban J connectivity index is 2.21. The second-order valence-corrected chi connectivity index (χ2v) is 11.6. The number of anilines is 1. The van der Waals surface area contributed by atoms with Crippen LogP contribution in [0.3, 0.4) is 0 Å². The Hall–Kier alpha value is -2.78. The van der Waals surface area contributed by atoms with E-state index in [-0.39, 0.29) is 43.7 Å². The molecule has 2 rings (SSSR count). The van der Waals surface area contributed by atoms with Gasteiger partial charge in [0, 0.05) is 31.1 Å². The zero-order valence-electron chi connectivity index (χ0n) is 22.2. The van der Waals surface area contributed by atoms with Gasteiger partial charge in [0.05, 0.1) is 19.1 Å². The molecule has 0 aliphatic rings. The van der Waals surface area contributed by atoms with Crippen LogP contribution in [0, 0.1) is 5.92 Å². The first-order chi connectivity index (χ1) is 17.5. The molecule has 0 heterocycles. The average molecular weight is 552 g/mol. The van der Waals surface area contributed by atoms with Gasteiger partial charge in [-0.2, -0.15) is 0 Å². The van der Waals surface area contributed by atoms with Crippen LogP contribution in [0.15, 0.2) is 48.5 Å². The van der Waals surface area contributed by atoms with Crippen molar-refractivity contribution in [3.63, 3.8) is 0 Å². The molecule has 0 spiro atoms. The van der Waals surface area contributed by atoms with E-state index in [9.17, 15) is 18.0 Å². The molecule has 1 N–H and O–H groups in total. The number of methoxy groups -OCH3 is 1. The highest BCUT2D eigenvalue weighted by Gasteiger charge is 2.29. The van der Waals surface area contributed by atoms with Crippen molar-refractivity contribution < 1.29 is 22.7 Å². The lowest BCUT2D eigenvalue weighted by molar-refractivity contribution is -0.141. The van der Waals surface area contributed by atoms with Crippen LogP contribution in [-0.4, -0.2) is 57.6 Å². The van der Waals surface area contributed by atoms with Crippen LogP contribution in [0.5, 0.6) is 5.75 Å². The summed E-state index contributed by atoms with van der Waals surface area (Å²) in [6.45, 7) is 6.68. The van der Waals surface area contributed by atoms with Crippen molar-refractivity contribution in [2.75, 3.05) is 30.8 Å². The maximum Gasteiger partial charge on any atom is 0.242 e. The summed E-state index contributed by atoms with van der Waals surface area (Å²) in [7, 11) is -2.04. The van der Waals surface area contributed by atoms with Gasteiger partial charge in [-0.15, -0.1) is 0 Å². The van der Waals surface area contributed by atoms with Crippen LogP contribution in [0.2, 0.25) is 5.02 Å². The summed E-state index contributed by atoms with van der Waals surface area (Å²) in [6.07, 6.45) is 1.91. The van der Waals surface area contributed by atoms with Gasteiger partial charge in [0.2, 0.25) is 21.8 Å². The van der Waals surface area contributed by atoms with Crippen molar-refractivity contribution in [2.24, 2.45) is 5.92 Å². The Morgan fingerprint density at radius 3 is 2.27 bits per heavy atom. The third kappa shape index (κ3) is 9.23. The highest BCUT2D eigenvalue weighted by atomic mass is 35.5. The monoisotopic (exact) mass is 551 g/mol. The van der Waals surface area contributed by atoms with Crippen LogP contribution < -0.4 is 14.4 Å². The Morgan fingerprint density at radius 1 is 1.08 bits per heavy atom. The highest BCUT2D eigenvalue weighted by Crippen LogP contribution is 2.23. The first-order valence-electron chi connectivity index (χ1n) is 12.4. The third-order valence-corrected chi connectivity index (χ3v) is 7.44. The maximum absolute atomic E-state index is 13.5. The van der Waals surface area contributed by atoms with E-state index in [1.807, 2.05) is 39.0 Å². The predicted molar refractivity (Wildman–Crippen MR) is 148 cm³/mol. The molecule has 0 saturated heterocycles. The van der Waals surface area contributed by atoms with Crippen molar-refractivity contribution >= 4 is 39.1 Å². The van der Waals surface area contributed by atoms with E-state index in [1.165, 1.54) is 11.4 Å². The number of nitrogens with one attached hydrogen (secondary N) is 1. The molecule has 0 aliphatic carbocycles. The molecule has 0 radical (unpaired) electrons. The summed E-state index contributed by atoms with van der Waals surface area (Å²) < 4.78 is 31.4. The topological polar surface area (TPSA) is 96.0 Å². The van der Waals surface area contributed by atoms with Crippen molar-refractivity contribution in [1.82, 2.24) is 10.2 Å². The van der Waals surface area contributed by atoms with Crippen molar-refractivity contribution in [3.05, 3.63) is 59.1 Å². The fourth-order valence-electron chi connectivity index (χ4n) is 3.90. The van der Waals surface area contributed by atoms with Crippen LogP contribution in [0.1, 0.15) is 45.6 Å². The predicted octanol–water partition coefficient (Wildman–Crippen LogP) is 4.47. The molecule has 0 aliphatic heterocycles. The number of carbonyl (C=O) groups is 2. The minimum Gasteiger partial charge on any atom is -0.497 e. The molecule has 0 saturated carbocycles. The van der Waals surface area contributed by atoms with Gasteiger partial charge in [-0.05, 0) is 54.7 Å². The molecular formula is C27H38ClN3O5S. The first kappa shape index (κ1) is 30.4. The number of amides is 2. The van der Waals surface area contributed by atoms with Gasteiger partial charge >= 0.3 is 0 Å². The molecule has 204 valence electrons. The lowest BCUT2D eigenvalue weighted by atomic mass is 10.1. The standard InChI is InChI=1S/C27H38ClN3O5S/c1-6-25(27(33)29-18-20(2)3)30(19-21-10-7-8-11-24(21)28)26(32)12-9-17-31(37(5,34)35)22-13-15-23(36-4)16-14-22/h7-8,10-11,13-16,20,25H,6,9,12,17-19H2,1-5H3,(H,29,33)/t25-/m0/s1. The molecule has 2 aromatic carbocycles. The molecule has 1 atom stereocenters.